The molecule has 0 bridgehead atoms. The highest BCUT2D eigenvalue weighted by atomic mass is 79.9. The third-order valence-electron chi connectivity index (χ3n) is 3.42. The predicted molar refractivity (Wildman–Crippen MR) is 101 cm³/mol. The fourth-order valence-corrected chi connectivity index (χ4v) is 3.39. The fraction of sp³-hybridized carbons (Fsp3) is 0.235. The monoisotopic (exact) mass is 488 g/mol. The van der Waals surface area contributed by atoms with E-state index in [0.717, 1.165) is 16.5 Å². The highest BCUT2D eigenvalue weighted by Crippen LogP contribution is 2.39. The Balaban J connectivity index is 2.44. The predicted octanol–water partition coefficient (Wildman–Crippen LogP) is 6.04. The lowest BCUT2D eigenvalue weighted by Gasteiger charge is -2.13. The number of carbonyl (C=O) groups is 1. The van der Waals surface area contributed by atoms with Gasteiger partial charge in [0.15, 0.2) is 5.78 Å². The van der Waals surface area contributed by atoms with E-state index in [1.165, 1.54) is 5.56 Å². The smallest absolute Gasteiger partial charge is 0.194 e. The SMILES string of the molecule is CCc1ccc(C(=O)c2cc(OC)c(C(Br)Br)cc2Br)cc1. The molecule has 0 N–H and O–H groups in total. The fourth-order valence-electron chi connectivity index (χ4n) is 2.14. The zero-order chi connectivity index (χ0) is 16.3. The average molecular weight is 491 g/mol. The third-order valence-corrected chi connectivity index (χ3v) is 5.07. The van der Waals surface area contributed by atoms with Gasteiger partial charge in [-0.2, -0.15) is 0 Å². The Morgan fingerprint density at radius 1 is 1.18 bits per heavy atom. The van der Waals surface area contributed by atoms with Crippen molar-refractivity contribution in [3.8, 4) is 5.75 Å². The molecule has 0 amide bonds. The van der Waals surface area contributed by atoms with Crippen LogP contribution in [0.5, 0.6) is 5.75 Å². The number of hydrogen-bond acceptors (Lipinski definition) is 2. The van der Waals surface area contributed by atoms with E-state index in [9.17, 15) is 4.79 Å². The first-order chi connectivity index (χ1) is 10.5. The molecule has 0 saturated carbocycles. The van der Waals surface area contributed by atoms with E-state index in [-0.39, 0.29) is 9.52 Å². The topological polar surface area (TPSA) is 26.3 Å². The van der Waals surface area contributed by atoms with Crippen LogP contribution in [0.15, 0.2) is 40.9 Å². The molecule has 2 nitrogen and oxygen atoms in total. The summed E-state index contributed by atoms with van der Waals surface area (Å²) >= 11 is 10.4. The summed E-state index contributed by atoms with van der Waals surface area (Å²) in [7, 11) is 1.60. The number of rotatable bonds is 5. The largest absolute Gasteiger partial charge is 0.496 e. The highest BCUT2D eigenvalue weighted by molar-refractivity contribution is 9.24. The van der Waals surface area contributed by atoms with Gasteiger partial charge in [-0.1, -0.05) is 79.0 Å². The molecule has 0 aliphatic rings. The van der Waals surface area contributed by atoms with Gasteiger partial charge in [0.05, 0.1) is 10.8 Å². The number of hydrogen-bond donors (Lipinski definition) is 0. The van der Waals surface area contributed by atoms with Crippen LogP contribution in [0.3, 0.4) is 0 Å². The number of halogens is 3. The quantitative estimate of drug-likeness (QED) is 0.377. The first kappa shape index (κ1) is 17.7. The Hall–Kier alpha value is -0.650. The zero-order valence-corrected chi connectivity index (χ0v) is 17.0. The summed E-state index contributed by atoms with van der Waals surface area (Å²) in [6.45, 7) is 2.09. The van der Waals surface area contributed by atoms with E-state index >= 15 is 0 Å². The van der Waals surface area contributed by atoms with Crippen molar-refractivity contribution in [1.29, 1.82) is 0 Å². The average Bonchev–Trinajstić information content (AvgIpc) is 2.54. The first-order valence-corrected chi connectivity index (χ1v) is 9.39. The second-order valence-electron chi connectivity index (χ2n) is 4.75. The molecule has 2 aromatic carbocycles. The minimum Gasteiger partial charge on any atom is -0.496 e. The molecule has 0 spiro atoms. The molecule has 0 fully saturated rings. The lowest BCUT2D eigenvalue weighted by molar-refractivity contribution is 0.103. The van der Waals surface area contributed by atoms with E-state index in [0.29, 0.717) is 16.9 Å². The second kappa shape index (κ2) is 7.75. The van der Waals surface area contributed by atoms with Gasteiger partial charge in [-0.25, -0.2) is 0 Å². The number of carbonyl (C=O) groups excluding carboxylic acids is 1. The molecular weight excluding hydrogens is 476 g/mol. The number of ether oxygens (including phenoxy) is 1. The van der Waals surface area contributed by atoms with Gasteiger partial charge in [0.2, 0.25) is 0 Å². The Kier molecular flexibility index (Phi) is 6.24. The standard InChI is InChI=1S/C17H15Br3O2/c1-3-10-4-6-11(7-5-10)16(21)12-9-15(22-2)13(17(19)20)8-14(12)18/h4-9,17H,3H2,1-2H3. The summed E-state index contributed by atoms with van der Waals surface area (Å²) in [4.78, 5) is 12.7. The van der Waals surface area contributed by atoms with Gasteiger partial charge in [-0.05, 0) is 24.1 Å². The van der Waals surface area contributed by atoms with E-state index < -0.39 is 0 Å². The minimum atomic E-state index is -0.0424. The minimum absolute atomic E-state index is 0.0277. The van der Waals surface area contributed by atoms with Crippen LogP contribution >= 0.6 is 47.8 Å². The van der Waals surface area contributed by atoms with Crippen LogP contribution in [0.2, 0.25) is 0 Å². The number of ketones is 1. The maximum atomic E-state index is 12.7. The molecule has 22 heavy (non-hydrogen) atoms. The van der Waals surface area contributed by atoms with E-state index in [4.69, 9.17) is 4.74 Å². The molecule has 0 aliphatic carbocycles. The maximum absolute atomic E-state index is 12.7. The van der Waals surface area contributed by atoms with Crippen molar-refractivity contribution in [3.63, 3.8) is 0 Å². The summed E-state index contributed by atoms with van der Waals surface area (Å²) in [6.07, 6.45) is 0.957. The molecule has 0 aliphatic heterocycles. The molecular formula is C17H15Br3O2. The number of methoxy groups -OCH3 is 1. The normalized spacial score (nSPS) is 10.8. The van der Waals surface area contributed by atoms with Crippen molar-refractivity contribution in [2.24, 2.45) is 0 Å². The van der Waals surface area contributed by atoms with Crippen LogP contribution in [0, 0.1) is 0 Å². The lowest BCUT2D eigenvalue weighted by Crippen LogP contribution is -2.04. The lowest BCUT2D eigenvalue weighted by atomic mass is 10.00. The summed E-state index contributed by atoms with van der Waals surface area (Å²) in [5, 5.41) is 0. The van der Waals surface area contributed by atoms with E-state index in [1.54, 1.807) is 13.2 Å². The highest BCUT2D eigenvalue weighted by Gasteiger charge is 2.18. The van der Waals surface area contributed by atoms with Crippen molar-refractivity contribution in [1.82, 2.24) is 0 Å². The molecule has 2 rings (SSSR count). The summed E-state index contributed by atoms with van der Waals surface area (Å²) in [5.41, 5.74) is 3.39. The molecule has 5 heteroatoms. The molecule has 0 atom stereocenters. The van der Waals surface area contributed by atoms with Gasteiger partial charge in [-0.15, -0.1) is 0 Å². The van der Waals surface area contributed by atoms with Gasteiger partial charge in [0, 0.05) is 21.2 Å². The summed E-state index contributed by atoms with van der Waals surface area (Å²) in [6, 6.07) is 11.4. The van der Waals surface area contributed by atoms with Gasteiger partial charge in [0.1, 0.15) is 5.75 Å². The number of aryl methyl sites for hydroxylation is 1. The molecule has 116 valence electrons. The van der Waals surface area contributed by atoms with E-state index in [2.05, 4.69) is 54.7 Å². The second-order valence-corrected chi connectivity index (χ2v) is 8.67. The Morgan fingerprint density at radius 3 is 2.32 bits per heavy atom. The van der Waals surface area contributed by atoms with Crippen LogP contribution in [-0.4, -0.2) is 12.9 Å². The van der Waals surface area contributed by atoms with Crippen LogP contribution < -0.4 is 4.74 Å². The Bertz CT molecular complexity index is 679. The van der Waals surface area contributed by atoms with Crippen LogP contribution in [0.25, 0.3) is 0 Å². The van der Waals surface area contributed by atoms with Crippen molar-refractivity contribution >= 4 is 53.6 Å². The number of benzene rings is 2. The zero-order valence-electron chi connectivity index (χ0n) is 12.2. The molecule has 0 heterocycles. The Morgan fingerprint density at radius 2 is 1.82 bits per heavy atom. The van der Waals surface area contributed by atoms with Crippen molar-refractivity contribution in [3.05, 3.63) is 63.1 Å². The summed E-state index contributed by atoms with van der Waals surface area (Å²) < 4.78 is 6.10. The maximum Gasteiger partial charge on any atom is 0.194 e. The molecule has 0 unspecified atom stereocenters. The molecule has 0 aromatic heterocycles. The Labute approximate surface area is 155 Å². The van der Waals surface area contributed by atoms with Crippen LogP contribution in [0.4, 0.5) is 0 Å². The summed E-state index contributed by atoms with van der Waals surface area (Å²) in [5.74, 6) is 0.635. The van der Waals surface area contributed by atoms with Crippen LogP contribution in [-0.2, 0) is 6.42 Å². The van der Waals surface area contributed by atoms with Crippen molar-refractivity contribution < 1.29 is 9.53 Å². The molecule has 2 aromatic rings. The van der Waals surface area contributed by atoms with Crippen molar-refractivity contribution in [2.75, 3.05) is 7.11 Å². The first-order valence-electron chi connectivity index (χ1n) is 6.77. The third kappa shape index (κ3) is 3.81. The van der Waals surface area contributed by atoms with Gasteiger partial charge in [0.25, 0.3) is 0 Å². The molecule has 0 radical (unpaired) electrons. The molecule has 0 saturated heterocycles. The van der Waals surface area contributed by atoms with Gasteiger partial charge < -0.3 is 4.74 Å². The van der Waals surface area contributed by atoms with Crippen molar-refractivity contribution in [2.45, 2.75) is 17.1 Å². The van der Waals surface area contributed by atoms with E-state index in [1.807, 2.05) is 30.3 Å². The van der Waals surface area contributed by atoms with Gasteiger partial charge in [-0.3, -0.25) is 4.79 Å². The van der Waals surface area contributed by atoms with Crippen LogP contribution in [0.1, 0.15) is 37.7 Å². The van der Waals surface area contributed by atoms with Gasteiger partial charge >= 0.3 is 0 Å². The number of alkyl halides is 2.